The molecular weight excluding hydrogens is 320 g/mol. The van der Waals surface area contributed by atoms with Crippen LogP contribution in [0.2, 0.25) is 0 Å². The van der Waals surface area contributed by atoms with Crippen LogP contribution >= 0.6 is 0 Å². The van der Waals surface area contributed by atoms with Gasteiger partial charge >= 0.3 is 0 Å². The summed E-state index contributed by atoms with van der Waals surface area (Å²) in [6.07, 6.45) is 1.14. The fourth-order valence-corrected chi connectivity index (χ4v) is 3.48. The van der Waals surface area contributed by atoms with E-state index in [0.29, 0.717) is 36.2 Å². The molecule has 1 fully saturated rings. The molecule has 138 valence electrons. The minimum atomic E-state index is -0.394. The van der Waals surface area contributed by atoms with Crippen molar-refractivity contribution in [3.8, 4) is 0 Å². The van der Waals surface area contributed by atoms with Crippen molar-refractivity contribution in [2.45, 2.75) is 27.2 Å². The maximum absolute atomic E-state index is 12.2. The number of carbonyl (C=O) groups excluding carboxylic acids is 1. The zero-order valence-corrected chi connectivity index (χ0v) is 15.2. The number of amides is 1. The molecule has 0 aliphatic carbocycles. The van der Waals surface area contributed by atoms with Crippen LogP contribution in [0.1, 0.15) is 37.6 Å². The van der Waals surface area contributed by atoms with E-state index in [9.17, 15) is 14.9 Å². The van der Waals surface area contributed by atoms with Crippen LogP contribution in [-0.4, -0.2) is 43.6 Å². The second kappa shape index (κ2) is 8.80. The van der Waals surface area contributed by atoms with E-state index in [2.05, 4.69) is 29.4 Å². The number of hydrogen-bond acceptors (Lipinski definition) is 5. The standard InChI is InChI=1S/C18H28N4O3/c1-4-19-7-8-20-18(23)15-5-6-16(17(10-15)22(24)25)21-11-13(2)9-14(3)12-21/h5-6,10,13-14,19H,4,7-9,11-12H2,1-3H3,(H,20,23). The van der Waals surface area contributed by atoms with Gasteiger partial charge in [-0.15, -0.1) is 0 Å². The van der Waals surface area contributed by atoms with Gasteiger partial charge in [0, 0.05) is 37.8 Å². The molecule has 2 N–H and O–H groups in total. The summed E-state index contributed by atoms with van der Waals surface area (Å²) in [4.78, 5) is 25.4. The summed E-state index contributed by atoms with van der Waals surface area (Å²) in [7, 11) is 0. The van der Waals surface area contributed by atoms with Crippen molar-refractivity contribution in [3.63, 3.8) is 0 Å². The van der Waals surface area contributed by atoms with Gasteiger partial charge in [0.15, 0.2) is 0 Å². The monoisotopic (exact) mass is 348 g/mol. The number of nitrogens with one attached hydrogen (secondary N) is 2. The van der Waals surface area contributed by atoms with Crippen molar-refractivity contribution in [1.29, 1.82) is 0 Å². The van der Waals surface area contributed by atoms with Gasteiger partial charge in [-0.1, -0.05) is 20.8 Å². The van der Waals surface area contributed by atoms with Crippen molar-refractivity contribution in [3.05, 3.63) is 33.9 Å². The Morgan fingerprint density at radius 3 is 2.56 bits per heavy atom. The van der Waals surface area contributed by atoms with Gasteiger partial charge in [0.05, 0.1) is 4.92 Å². The van der Waals surface area contributed by atoms with Gasteiger partial charge in [-0.05, 0) is 36.9 Å². The molecule has 2 unspecified atom stereocenters. The zero-order chi connectivity index (χ0) is 18.4. The van der Waals surface area contributed by atoms with Gasteiger partial charge in [0.25, 0.3) is 11.6 Å². The highest BCUT2D eigenvalue weighted by Gasteiger charge is 2.27. The first kappa shape index (κ1) is 19.2. The number of benzene rings is 1. The molecule has 2 atom stereocenters. The van der Waals surface area contributed by atoms with Crippen molar-refractivity contribution in [2.24, 2.45) is 11.8 Å². The first-order valence-corrected chi connectivity index (χ1v) is 8.94. The molecule has 25 heavy (non-hydrogen) atoms. The number of anilines is 1. The average Bonchev–Trinajstić information content (AvgIpc) is 2.57. The quantitative estimate of drug-likeness (QED) is 0.449. The number of carbonyl (C=O) groups is 1. The lowest BCUT2D eigenvalue weighted by Gasteiger charge is -2.36. The zero-order valence-electron chi connectivity index (χ0n) is 15.2. The van der Waals surface area contributed by atoms with E-state index in [0.717, 1.165) is 26.1 Å². The molecule has 1 aromatic rings. The fraction of sp³-hybridized carbons (Fsp3) is 0.611. The summed E-state index contributed by atoms with van der Waals surface area (Å²) >= 11 is 0. The minimum Gasteiger partial charge on any atom is -0.365 e. The van der Waals surface area contributed by atoms with Gasteiger partial charge in [0.2, 0.25) is 0 Å². The van der Waals surface area contributed by atoms with Crippen molar-refractivity contribution < 1.29 is 9.72 Å². The molecule has 0 aromatic heterocycles. The van der Waals surface area contributed by atoms with Gasteiger partial charge in [0.1, 0.15) is 5.69 Å². The number of hydrogen-bond donors (Lipinski definition) is 2. The first-order chi connectivity index (χ1) is 11.9. The Labute approximate surface area is 148 Å². The highest BCUT2D eigenvalue weighted by atomic mass is 16.6. The summed E-state index contributed by atoms with van der Waals surface area (Å²) in [6.45, 7) is 9.93. The van der Waals surface area contributed by atoms with E-state index in [1.54, 1.807) is 12.1 Å². The Balaban J connectivity index is 2.17. The number of piperidine rings is 1. The molecular formula is C18H28N4O3. The van der Waals surface area contributed by atoms with Gasteiger partial charge in [-0.3, -0.25) is 14.9 Å². The van der Waals surface area contributed by atoms with E-state index in [4.69, 9.17) is 0 Å². The summed E-state index contributed by atoms with van der Waals surface area (Å²) < 4.78 is 0. The molecule has 1 amide bonds. The molecule has 0 saturated carbocycles. The Morgan fingerprint density at radius 2 is 1.96 bits per heavy atom. The van der Waals surface area contributed by atoms with E-state index >= 15 is 0 Å². The van der Waals surface area contributed by atoms with Crippen molar-refractivity contribution in [2.75, 3.05) is 37.6 Å². The molecule has 7 heteroatoms. The van der Waals surface area contributed by atoms with E-state index < -0.39 is 4.92 Å². The SMILES string of the molecule is CCNCCNC(=O)c1ccc(N2CC(C)CC(C)C2)c([N+](=O)[O-])c1. The average molecular weight is 348 g/mol. The van der Waals surface area contributed by atoms with Crippen LogP contribution in [0.15, 0.2) is 18.2 Å². The normalized spacial score (nSPS) is 20.4. The van der Waals surface area contributed by atoms with Crippen LogP contribution < -0.4 is 15.5 Å². The summed E-state index contributed by atoms with van der Waals surface area (Å²) in [5, 5.41) is 17.4. The highest BCUT2D eigenvalue weighted by Crippen LogP contribution is 2.33. The van der Waals surface area contributed by atoms with Gasteiger partial charge in [-0.2, -0.15) is 0 Å². The number of nitro groups is 1. The third-order valence-corrected chi connectivity index (χ3v) is 4.48. The van der Waals surface area contributed by atoms with Gasteiger partial charge < -0.3 is 15.5 Å². The lowest BCUT2D eigenvalue weighted by atomic mass is 9.91. The topological polar surface area (TPSA) is 87.5 Å². The predicted octanol–water partition coefficient (Wildman–Crippen LogP) is 2.42. The van der Waals surface area contributed by atoms with Crippen LogP contribution in [0.3, 0.4) is 0 Å². The maximum Gasteiger partial charge on any atom is 0.293 e. The molecule has 1 heterocycles. The van der Waals surface area contributed by atoms with Crippen LogP contribution in [0.25, 0.3) is 0 Å². The molecule has 2 rings (SSSR count). The lowest BCUT2D eigenvalue weighted by Crippen LogP contribution is -2.39. The van der Waals surface area contributed by atoms with E-state index in [1.165, 1.54) is 6.07 Å². The number of nitrogens with zero attached hydrogens (tertiary/aromatic N) is 2. The lowest BCUT2D eigenvalue weighted by molar-refractivity contribution is -0.384. The number of rotatable bonds is 7. The fourth-order valence-electron chi connectivity index (χ4n) is 3.48. The van der Waals surface area contributed by atoms with Crippen LogP contribution in [0.4, 0.5) is 11.4 Å². The second-order valence-electron chi connectivity index (χ2n) is 6.92. The second-order valence-corrected chi connectivity index (χ2v) is 6.92. The molecule has 0 spiro atoms. The summed E-state index contributed by atoms with van der Waals surface area (Å²) in [6, 6.07) is 4.78. The Hall–Kier alpha value is -2.15. The number of likely N-dealkylation sites (N-methyl/N-ethyl adjacent to an activating group) is 1. The Morgan fingerprint density at radius 1 is 1.28 bits per heavy atom. The van der Waals surface area contributed by atoms with Crippen molar-refractivity contribution >= 4 is 17.3 Å². The Bertz CT molecular complexity index is 610. The highest BCUT2D eigenvalue weighted by molar-refractivity contribution is 5.95. The van der Waals surface area contributed by atoms with Crippen LogP contribution in [0.5, 0.6) is 0 Å². The summed E-state index contributed by atoms with van der Waals surface area (Å²) in [5.41, 5.74) is 0.929. The predicted molar refractivity (Wildman–Crippen MR) is 99.1 cm³/mol. The minimum absolute atomic E-state index is 0.000586. The van der Waals surface area contributed by atoms with Crippen molar-refractivity contribution in [1.82, 2.24) is 10.6 Å². The molecule has 1 saturated heterocycles. The third kappa shape index (κ3) is 5.16. The summed E-state index contributed by atoms with van der Waals surface area (Å²) in [5.74, 6) is 0.711. The first-order valence-electron chi connectivity index (χ1n) is 8.94. The van der Waals surface area contributed by atoms with Gasteiger partial charge in [-0.25, -0.2) is 0 Å². The molecule has 7 nitrogen and oxygen atoms in total. The van der Waals surface area contributed by atoms with E-state index in [-0.39, 0.29) is 11.6 Å². The largest absolute Gasteiger partial charge is 0.365 e. The molecule has 1 aromatic carbocycles. The molecule has 0 bridgehead atoms. The van der Waals surface area contributed by atoms with E-state index in [1.807, 2.05) is 6.92 Å². The van der Waals surface area contributed by atoms with Crippen LogP contribution in [0, 0.1) is 22.0 Å². The number of nitro benzene ring substituents is 1. The maximum atomic E-state index is 12.2. The third-order valence-electron chi connectivity index (χ3n) is 4.48. The van der Waals surface area contributed by atoms with Crippen LogP contribution in [-0.2, 0) is 0 Å². The Kier molecular flexibility index (Phi) is 6.75. The molecule has 1 aliphatic heterocycles. The smallest absolute Gasteiger partial charge is 0.293 e. The molecule has 0 radical (unpaired) electrons. The molecule has 1 aliphatic rings.